The van der Waals surface area contributed by atoms with Gasteiger partial charge in [0.2, 0.25) is 0 Å². The molecule has 0 saturated heterocycles. The molecule has 0 heterocycles. The number of benzene rings is 1. The fourth-order valence-electron chi connectivity index (χ4n) is 1.06. The van der Waals surface area contributed by atoms with E-state index >= 15 is 0 Å². The van der Waals surface area contributed by atoms with Crippen molar-refractivity contribution >= 4 is 17.6 Å². The van der Waals surface area contributed by atoms with Crippen molar-refractivity contribution in [1.82, 2.24) is 0 Å². The quantitative estimate of drug-likeness (QED) is 0.835. The molecule has 1 aromatic carbocycles. The zero-order chi connectivity index (χ0) is 13.4. The maximum atomic E-state index is 12.9. The van der Waals surface area contributed by atoms with Gasteiger partial charge in [-0.25, -0.2) is 4.79 Å². The van der Waals surface area contributed by atoms with E-state index < -0.39 is 34.2 Å². The largest absolute Gasteiger partial charge is 0.478 e. The van der Waals surface area contributed by atoms with Crippen molar-refractivity contribution < 1.29 is 31.9 Å². The summed E-state index contributed by atoms with van der Waals surface area (Å²) in [5.41, 5.74) is -2.24. The minimum absolute atomic E-state index is 0.238. The van der Waals surface area contributed by atoms with Gasteiger partial charge in [-0.3, -0.25) is 0 Å². The zero-order valence-electron chi connectivity index (χ0n) is 7.86. The lowest BCUT2D eigenvalue weighted by Crippen LogP contribution is -2.33. The van der Waals surface area contributed by atoms with Crippen LogP contribution in [-0.2, 0) is 5.92 Å². The molecule has 0 aromatic heterocycles. The Morgan fingerprint density at radius 3 is 2.06 bits per heavy atom. The van der Waals surface area contributed by atoms with Gasteiger partial charge in [-0.05, 0) is 18.2 Å². The highest BCUT2D eigenvalue weighted by atomic mass is 35.5. The second kappa shape index (κ2) is 4.14. The van der Waals surface area contributed by atoms with Crippen molar-refractivity contribution in [2.75, 3.05) is 0 Å². The molecule has 0 bridgehead atoms. The van der Waals surface area contributed by atoms with Crippen LogP contribution in [0.5, 0.6) is 0 Å². The van der Waals surface area contributed by atoms with Crippen LogP contribution in [0.2, 0.25) is 5.02 Å². The molecule has 0 aliphatic carbocycles. The first-order valence-electron chi connectivity index (χ1n) is 4.04. The van der Waals surface area contributed by atoms with E-state index in [4.69, 9.17) is 16.7 Å². The van der Waals surface area contributed by atoms with E-state index in [1.165, 1.54) is 0 Å². The minimum Gasteiger partial charge on any atom is -0.478 e. The van der Waals surface area contributed by atoms with Crippen molar-refractivity contribution in [1.29, 1.82) is 0 Å². The number of hydrogen-bond donors (Lipinski definition) is 1. The molecule has 0 amide bonds. The topological polar surface area (TPSA) is 37.3 Å². The number of carboxylic acid groups (broad SMARTS) is 1. The highest BCUT2D eigenvalue weighted by Gasteiger charge is 2.58. The molecule has 1 aromatic rings. The Morgan fingerprint density at radius 2 is 1.65 bits per heavy atom. The van der Waals surface area contributed by atoms with Crippen molar-refractivity contribution in [3.63, 3.8) is 0 Å². The maximum Gasteiger partial charge on any atom is 0.458 e. The fraction of sp³-hybridized carbons (Fsp3) is 0.222. The Balaban J connectivity index is 3.37. The van der Waals surface area contributed by atoms with Crippen molar-refractivity contribution in [2.45, 2.75) is 12.1 Å². The molecule has 0 atom stereocenters. The highest BCUT2D eigenvalue weighted by Crippen LogP contribution is 2.44. The molecule has 0 spiro atoms. The molecule has 0 aliphatic rings. The Bertz CT molecular complexity index is 455. The van der Waals surface area contributed by atoms with Crippen LogP contribution in [0, 0.1) is 0 Å². The summed E-state index contributed by atoms with van der Waals surface area (Å²) >= 11 is 5.29. The van der Waals surface area contributed by atoms with Crippen LogP contribution in [0.15, 0.2) is 18.2 Å². The predicted molar refractivity (Wildman–Crippen MR) is 48.4 cm³/mol. The highest BCUT2D eigenvalue weighted by molar-refractivity contribution is 6.31. The molecule has 2 nitrogen and oxygen atoms in total. The lowest BCUT2D eigenvalue weighted by atomic mass is 10.0. The van der Waals surface area contributed by atoms with E-state index in [1.54, 1.807) is 0 Å². The van der Waals surface area contributed by atoms with Gasteiger partial charge in [-0.2, -0.15) is 22.0 Å². The lowest BCUT2D eigenvalue weighted by molar-refractivity contribution is -0.289. The number of hydrogen-bond acceptors (Lipinski definition) is 1. The summed E-state index contributed by atoms with van der Waals surface area (Å²) in [6, 6.07) is 1.39. The van der Waals surface area contributed by atoms with Crippen molar-refractivity contribution in [3.8, 4) is 0 Å². The van der Waals surface area contributed by atoms with Gasteiger partial charge in [0.1, 0.15) is 0 Å². The first-order chi connectivity index (χ1) is 7.55. The van der Waals surface area contributed by atoms with Crippen LogP contribution in [-0.4, -0.2) is 17.3 Å². The number of carboxylic acids is 1. The zero-order valence-corrected chi connectivity index (χ0v) is 8.61. The van der Waals surface area contributed by atoms with E-state index in [0.717, 1.165) is 6.07 Å². The van der Waals surface area contributed by atoms with Gasteiger partial charge >= 0.3 is 18.1 Å². The summed E-state index contributed by atoms with van der Waals surface area (Å²) in [7, 11) is 0. The molecule has 1 N–H and O–H groups in total. The lowest BCUT2D eigenvalue weighted by Gasteiger charge is -2.20. The van der Waals surface area contributed by atoms with Crippen LogP contribution in [0.1, 0.15) is 15.9 Å². The van der Waals surface area contributed by atoms with E-state index in [0.29, 0.717) is 6.07 Å². The van der Waals surface area contributed by atoms with E-state index in [9.17, 15) is 26.7 Å². The summed E-state index contributed by atoms with van der Waals surface area (Å²) < 4.78 is 61.9. The Kier molecular flexibility index (Phi) is 3.33. The number of carbonyl (C=O) groups is 1. The standard InChI is InChI=1S/C9H4ClF5O2/c10-6-2-4(7(16)17)1-5(3-6)8(11,12)9(13,14)15/h1-3H,(H,16,17). The third kappa shape index (κ3) is 2.66. The van der Waals surface area contributed by atoms with Gasteiger partial charge in [0, 0.05) is 10.6 Å². The Hall–Kier alpha value is -1.37. The summed E-state index contributed by atoms with van der Waals surface area (Å²) in [5, 5.41) is 8.01. The minimum atomic E-state index is -5.81. The first kappa shape index (κ1) is 13.7. The monoisotopic (exact) mass is 274 g/mol. The van der Waals surface area contributed by atoms with E-state index in [1.807, 2.05) is 0 Å². The second-order valence-electron chi connectivity index (χ2n) is 3.11. The Labute approximate surface area is 96.6 Å². The second-order valence-corrected chi connectivity index (χ2v) is 3.54. The first-order valence-corrected chi connectivity index (χ1v) is 4.42. The van der Waals surface area contributed by atoms with Gasteiger partial charge in [-0.15, -0.1) is 0 Å². The molecular formula is C9H4ClF5O2. The molecular weight excluding hydrogens is 271 g/mol. The predicted octanol–water partition coefficient (Wildman–Crippen LogP) is 3.69. The molecule has 1 rings (SSSR count). The van der Waals surface area contributed by atoms with Crippen LogP contribution in [0.3, 0.4) is 0 Å². The summed E-state index contributed by atoms with van der Waals surface area (Å²) in [6.45, 7) is 0. The molecule has 8 heteroatoms. The molecule has 0 fully saturated rings. The van der Waals surface area contributed by atoms with Gasteiger partial charge in [0.05, 0.1) is 5.56 Å². The van der Waals surface area contributed by atoms with Crippen molar-refractivity contribution in [3.05, 3.63) is 34.3 Å². The molecule has 0 aliphatic heterocycles. The molecule has 94 valence electrons. The SMILES string of the molecule is O=C(O)c1cc(Cl)cc(C(F)(F)C(F)(F)F)c1. The summed E-state index contributed by atoms with van der Waals surface area (Å²) in [6.07, 6.45) is -5.81. The van der Waals surface area contributed by atoms with Gasteiger partial charge in [0.15, 0.2) is 0 Å². The fourth-order valence-corrected chi connectivity index (χ4v) is 1.29. The number of aromatic carboxylic acids is 1. The number of halogens is 6. The van der Waals surface area contributed by atoms with Gasteiger partial charge in [-0.1, -0.05) is 11.6 Å². The molecule has 17 heavy (non-hydrogen) atoms. The molecule has 0 radical (unpaired) electrons. The van der Waals surface area contributed by atoms with Crippen LogP contribution >= 0.6 is 11.6 Å². The molecule has 0 saturated carbocycles. The summed E-state index contributed by atoms with van der Waals surface area (Å²) in [5.74, 6) is -6.80. The number of alkyl halides is 5. The molecule has 0 unspecified atom stereocenters. The maximum absolute atomic E-state index is 12.9. The van der Waals surface area contributed by atoms with Crippen LogP contribution in [0.4, 0.5) is 22.0 Å². The Morgan fingerprint density at radius 1 is 1.12 bits per heavy atom. The van der Waals surface area contributed by atoms with Crippen molar-refractivity contribution in [2.24, 2.45) is 0 Å². The van der Waals surface area contributed by atoms with Gasteiger partial charge in [0.25, 0.3) is 0 Å². The average Bonchev–Trinajstić information content (AvgIpc) is 2.14. The third-order valence-electron chi connectivity index (χ3n) is 1.86. The third-order valence-corrected chi connectivity index (χ3v) is 2.08. The smallest absolute Gasteiger partial charge is 0.458 e. The van der Waals surface area contributed by atoms with Crippen LogP contribution < -0.4 is 0 Å². The van der Waals surface area contributed by atoms with E-state index in [-0.39, 0.29) is 6.07 Å². The van der Waals surface area contributed by atoms with Crippen LogP contribution in [0.25, 0.3) is 0 Å². The van der Waals surface area contributed by atoms with Gasteiger partial charge < -0.3 is 5.11 Å². The summed E-state index contributed by atoms with van der Waals surface area (Å²) in [4.78, 5) is 10.5. The average molecular weight is 275 g/mol. The van der Waals surface area contributed by atoms with E-state index in [2.05, 4.69) is 0 Å². The normalized spacial score (nSPS) is 12.6. The number of rotatable bonds is 2.